The van der Waals surface area contributed by atoms with E-state index in [1.54, 1.807) is 0 Å². The number of carbonyl (C=O) groups is 2. The minimum absolute atomic E-state index is 0.0180. The van der Waals surface area contributed by atoms with Crippen LogP contribution in [-0.4, -0.2) is 46.5 Å². The van der Waals surface area contributed by atoms with Gasteiger partial charge in [0.05, 0.1) is 17.1 Å². The second-order valence-electron chi connectivity index (χ2n) is 5.83. The Labute approximate surface area is 162 Å². The zero-order chi connectivity index (χ0) is 20.7. The molecule has 0 aliphatic rings. The Bertz CT molecular complexity index is 926. The van der Waals surface area contributed by atoms with E-state index in [9.17, 15) is 22.4 Å². The molecule has 1 unspecified atom stereocenters. The monoisotopic (exact) mass is 409 g/mol. The lowest BCUT2D eigenvalue weighted by atomic mass is 10.1. The van der Waals surface area contributed by atoms with Crippen molar-refractivity contribution in [2.24, 2.45) is 0 Å². The smallest absolute Gasteiger partial charge is 0.338 e. The van der Waals surface area contributed by atoms with E-state index in [1.165, 1.54) is 50.4 Å². The van der Waals surface area contributed by atoms with Gasteiger partial charge in [0.15, 0.2) is 6.10 Å². The molecule has 0 amide bonds. The van der Waals surface area contributed by atoms with Gasteiger partial charge < -0.3 is 9.47 Å². The summed E-state index contributed by atoms with van der Waals surface area (Å²) in [6.45, 7) is 1.75. The van der Waals surface area contributed by atoms with Crippen LogP contribution >= 0.6 is 0 Å². The quantitative estimate of drug-likeness (QED) is 0.387. The molecule has 7 nitrogen and oxygen atoms in total. The fraction of sp³-hybridized carbons (Fsp3) is 0.263. The Hall–Kier alpha value is -2.62. The van der Waals surface area contributed by atoms with Crippen molar-refractivity contribution in [1.82, 2.24) is 4.72 Å². The number of Topliss-reactive ketones (excluding diaryl/α,β-unsaturated/α-hetero) is 1. The molecule has 0 radical (unpaired) electrons. The molecule has 0 saturated heterocycles. The minimum Gasteiger partial charge on any atom is -0.451 e. The first-order valence-corrected chi connectivity index (χ1v) is 9.82. The van der Waals surface area contributed by atoms with Gasteiger partial charge in [0.25, 0.3) is 0 Å². The molecule has 0 saturated carbocycles. The van der Waals surface area contributed by atoms with Gasteiger partial charge in [-0.25, -0.2) is 22.3 Å². The van der Waals surface area contributed by atoms with Crippen molar-refractivity contribution in [2.45, 2.75) is 17.9 Å². The summed E-state index contributed by atoms with van der Waals surface area (Å²) in [6, 6.07) is 10.0. The molecular formula is C19H20FNO6S. The maximum Gasteiger partial charge on any atom is 0.338 e. The van der Waals surface area contributed by atoms with E-state index in [0.717, 1.165) is 12.1 Å². The third-order valence-corrected chi connectivity index (χ3v) is 5.26. The predicted molar refractivity (Wildman–Crippen MR) is 99.1 cm³/mol. The van der Waals surface area contributed by atoms with Crippen LogP contribution in [0.3, 0.4) is 0 Å². The summed E-state index contributed by atoms with van der Waals surface area (Å²) < 4.78 is 49.4. The number of carbonyl (C=O) groups excluding carboxylic acids is 2. The summed E-state index contributed by atoms with van der Waals surface area (Å²) in [5, 5.41) is 0. The molecule has 0 aliphatic heterocycles. The first-order chi connectivity index (χ1) is 13.2. The van der Waals surface area contributed by atoms with Crippen LogP contribution < -0.4 is 4.72 Å². The molecular weight excluding hydrogens is 389 g/mol. The molecule has 0 heterocycles. The molecule has 2 rings (SSSR count). The number of benzene rings is 2. The minimum atomic E-state index is -3.72. The zero-order valence-electron chi connectivity index (χ0n) is 15.3. The van der Waals surface area contributed by atoms with Crippen LogP contribution in [0.2, 0.25) is 0 Å². The highest BCUT2D eigenvalue weighted by Gasteiger charge is 2.21. The van der Waals surface area contributed by atoms with Crippen LogP contribution in [0.15, 0.2) is 53.4 Å². The Balaban J connectivity index is 2.02. The highest BCUT2D eigenvalue weighted by Crippen LogP contribution is 2.14. The number of rotatable bonds is 9. The first-order valence-electron chi connectivity index (χ1n) is 8.34. The van der Waals surface area contributed by atoms with E-state index in [1.807, 2.05) is 0 Å². The van der Waals surface area contributed by atoms with E-state index in [2.05, 4.69) is 4.72 Å². The first kappa shape index (κ1) is 21.7. The Morgan fingerprint density at radius 3 is 2.18 bits per heavy atom. The second-order valence-corrected chi connectivity index (χ2v) is 7.60. The van der Waals surface area contributed by atoms with E-state index in [-0.39, 0.29) is 29.2 Å². The number of ketones is 1. The summed E-state index contributed by atoms with van der Waals surface area (Å²) in [7, 11) is -2.26. The van der Waals surface area contributed by atoms with Crippen molar-refractivity contribution in [2.75, 3.05) is 20.3 Å². The van der Waals surface area contributed by atoms with Gasteiger partial charge in [0, 0.05) is 19.2 Å². The molecule has 150 valence electrons. The standard InChI is InChI=1S/C19H20FNO6S/c1-13(18(22)14-3-7-16(20)8-4-14)27-19(23)15-5-9-17(10-6-15)28(24,25)21-11-12-26-2/h3-10,13,21H,11-12H2,1-2H3. The highest BCUT2D eigenvalue weighted by molar-refractivity contribution is 7.89. The molecule has 1 atom stereocenters. The van der Waals surface area contributed by atoms with Crippen LogP contribution in [0.1, 0.15) is 27.6 Å². The van der Waals surface area contributed by atoms with Crippen LogP contribution in [0, 0.1) is 5.82 Å². The molecule has 0 fully saturated rings. The predicted octanol–water partition coefficient (Wildman–Crippen LogP) is 2.18. The maximum atomic E-state index is 12.9. The maximum absolute atomic E-state index is 12.9. The van der Waals surface area contributed by atoms with Gasteiger partial charge in [-0.3, -0.25) is 4.79 Å². The number of methoxy groups -OCH3 is 1. The number of ether oxygens (including phenoxy) is 2. The lowest BCUT2D eigenvalue weighted by Gasteiger charge is -2.13. The number of sulfonamides is 1. The fourth-order valence-corrected chi connectivity index (χ4v) is 3.28. The largest absolute Gasteiger partial charge is 0.451 e. The number of hydrogen-bond donors (Lipinski definition) is 1. The SMILES string of the molecule is COCCNS(=O)(=O)c1ccc(C(=O)OC(C)C(=O)c2ccc(F)cc2)cc1. The summed E-state index contributed by atoms with van der Waals surface area (Å²) in [5.41, 5.74) is 0.305. The third kappa shape index (κ3) is 5.69. The van der Waals surface area contributed by atoms with E-state index in [4.69, 9.17) is 9.47 Å². The van der Waals surface area contributed by atoms with Gasteiger partial charge >= 0.3 is 5.97 Å². The molecule has 0 spiro atoms. The summed E-state index contributed by atoms with van der Waals surface area (Å²) in [5.74, 6) is -1.73. The second kappa shape index (κ2) is 9.54. The van der Waals surface area contributed by atoms with Crippen molar-refractivity contribution in [3.63, 3.8) is 0 Å². The van der Waals surface area contributed by atoms with Crippen LogP contribution in [0.5, 0.6) is 0 Å². The van der Waals surface area contributed by atoms with E-state index < -0.39 is 33.7 Å². The lowest BCUT2D eigenvalue weighted by molar-refractivity contribution is 0.0318. The zero-order valence-corrected chi connectivity index (χ0v) is 16.2. The summed E-state index contributed by atoms with van der Waals surface area (Å²) in [4.78, 5) is 24.4. The summed E-state index contributed by atoms with van der Waals surface area (Å²) >= 11 is 0. The molecule has 1 N–H and O–H groups in total. The van der Waals surface area contributed by atoms with Crippen molar-refractivity contribution in [1.29, 1.82) is 0 Å². The lowest BCUT2D eigenvalue weighted by Crippen LogP contribution is -2.27. The normalized spacial score (nSPS) is 12.4. The Morgan fingerprint density at radius 1 is 1.04 bits per heavy atom. The highest BCUT2D eigenvalue weighted by atomic mass is 32.2. The number of hydrogen-bond acceptors (Lipinski definition) is 6. The fourth-order valence-electron chi connectivity index (χ4n) is 2.26. The van der Waals surface area contributed by atoms with Gasteiger partial charge in [0.2, 0.25) is 15.8 Å². The number of halogens is 1. The molecule has 2 aromatic carbocycles. The van der Waals surface area contributed by atoms with Gasteiger partial charge in [-0.15, -0.1) is 0 Å². The van der Waals surface area contributed by atoms with E-state index in [0.29, 0.717) is 0 Å². The van der Waals surface area contributed by atoms with Crippen molar-refractivity contribution < 1.29 is 31.9 Å². The van der Waals surface area contributed by atoms with Crippen LogP contribution in [0.4, 0.5) is 4.39 Å². The molecule has 0 bridgehead atoms. The third-order valence-electron chi connectivity index (χ3n) is 3.78. The van der Waals surface area contributed by atoms with Crippen LogP contribution in [-0.2, 0) is 19.5 Å². The molecule has 0 aromatic heterocycles. The van der Waals surface area contributed by atoms with Gasteiger partial charge in [-0.2, -0.15) is 0 Å². The van der Waals surface area contributed by atoms with Crippen LogP contribution in [0.25, 0.3) is 0 Å². The number of nitrogens with one attached hydrogen (secondary N) is 1. The average Bonchev–Trinajstić information content (AvgIpc) is 2.68. The number of esters is 1. The van der Waals surface area contributed by atoms with E-state index >= 15 is 0 Å². The molecule has 9 heteroatoms. The molecule has 0 aliphatic carbocycles. The Kier molecular flexibility index (Phi) is 7.38. The molecule has 28 heavy (non-hydrogen) atoms. The van der Waals surface area contributed by atoms with Gasteiger partial charge in [-0.1, -0.05) is 0 Å². The topological polar surface area (TPSA) is 98.8 Å². The van der Waals surface area contributed by atoms with Crippen molar-refractivity contribution in [3.05, 3.63) is 65.5 Å². The van der Waals surface area contributed by atoms with Crippen molar-refractivity contribution >= 4 is 21.8 Å². The van der Waals surface area contributed by atoms with Gasteiger partial charge in [0.1, 0.15) is 5.82 Å². The Morgan fingerprint density at radius 2 is 1.61 bits per heavy atom. The van der Waals surface area contributed by atoms with Crippen molar-refractivity contribution in [3.8, 4) is 0 Å². The molecule has 2 aromatic rings. The van der Waals surface area contributed by atoms with Gasteiger partial charge in [-0.05, 0) is 55.5 Å². The summed E-state index contributed by atoms with van der Waals surface area (Å²) in [6.07, 6.45) is -1.09. The average molecular weight is 409 g/mol.